The highest BCUT2D eigenvalue weighted by Gasteiger charge is 2.15. The number of carbonyl (C=O) groups is 1. The average molecular weight is 383 g/mol. The smallest absolute Gasteiger partial charge is 0.251 e. The lowest BCUT2D eigenvalue weighted by Crippen LogP contribution is -2.27. The fraction of sp³-hybridized carbons (Fsp3) is 0.167. The third-order valence-electron chi connectivity index (χ3n) is 3.79. The van der Waals surface area contributed by atoms with Crippen LogP contribution in [0.4, 0.5) is 0 Å². The van der Waals surface area contributed by atoms with Gasteiger partial charge in [-0.15, -0.1) is 16.6 Å². The van der Waals surface area contributed by atoms with Gasteiger partial charge in [-0.05, 0) is 30.3 Å². The van der Waals surface area contributed by atoms with Crippen molar-refractivity contribution in [3.63, 3.8) is 0 Å². The molecule has 3 aromatic rings. The van der Waals surface area contributed by atoms with Crippen LogP contribution >= 0.6 is 0 Å². The molecule has 0 unspecified atom stereocenters. The number of aromatic nitrogens is 3. The number of carbonyl (C=O) groups excluding carboxylic acids is 1. The number of fused-ring (bicyclic) bond motifs is 1. The van der Waals surface area contributed by atoms with Crippen molar-refractivity contribution in [2.75, 3.05) is 13.1 Å². The van der Waals surface area contributed by atoms with Crippen LogP contribution in [-0.2, 0) is 16.4 Å². The quantitative estimate of drug-likeness (QED) is 0.582. The number of rotatable bonds is 7. The fourth-order valence-corrected chi connectivity index (χ4v) is 3.46. The summed E-state index contributed by atoms with van der Waals surface area (Å²) in [7, 11) is -3.75. The van der Waals surface area contributed by atoms with Crippen LogP contribution in [0.1, 0.15) is 16.2 Å². The van der Waals surface area contributed by atoms with Crippen molar-refractivity contribution in [1.29, 1.82) is 0 Å². The van der Waals surface area contributed by atoms with E-state index in [1.165, 1.54) is 18.2 Å². The zero-order valence-corrected chi connectivity index (χ0v) is 15.1. The summed E-state index contributed by atoms with van der Waals surface area (Å²) < 4.78 is 28.3. The number of hydrogen-bond acceptors (Lipinski definition) is 5. The molecule has 9 heteroatoms. The van der Waals surface area contributed by atoms with Gasteiger partial charge in [-0.3, -0.25) is 9.20 Å². The fourth-order valence-electron chi connectivity index (χ4n) is 2.48. The second-order valence-corrected chi connectivity index (χ2v) is 7.37. The van der Waals surface area contributed by atoms with E-state index in [4.69, 9.17) is 6.42 Å². The zero-order valence-electron chi connectivity index (χ0n) is 14.3. The van der Waals surface area contributed by atoms with Gasteiger partial charge in [-0.25, -0.2) is 8.42 Å². The Morgan fingerprint density at radius 1 is 1.19 bits per heavy atom. The number of hydrogen-bond donors (Lipinski definition) is 2. The summed E-state index contributed by atoms with van der Waals surface area (Å²) in [4.78, 5) is 12.3. The van der Waals surface area contributed by atoms with Crippen LogP contribution in [0, 0.1) is 12.3 Å². The molecule has 3 rings (SSSR count). The van der Waals surface area contributed by atoms with Crippen LogP contribution in [0.5, 0.6) is 0 Å². The first-order valence-corrected chi connectivity index (χ1v) is 9.59. The predicted molar refractivity (Wildman–Crippen MR) is 99.5 cm³/mol. The first kappa shape index (κ1) is 18.6. The number of benzene rings is 1. The molecule has 8 nitrogen and oxygen atoms in total. The van der Waals surface area contributed by atoms with Crippen LogP contribution in [0.15, 0.2) is 53.6 Å². The van der Waals surface area contributed by atoms with Gasteiger partial charge in [-0.2, -0.15) is 4.72 Å². The summed E-state index contributed by atoms with van der Waals surface area (Å²) in [6.07, 6.45) is 7.41. The highest BCUT2D eigenvalue weighted by Crippen LogP contribution is 2.11. The first-order chi connectivity index (χ1) is 13.0. The molecule has 0 aliphatic carbocycles. The van der Waals surface area contributed by atoms with Crippen molar-refractivity contribution < 1.29 is 13.2 Å². The number of amides is 1. The number of nitrogens with zero attached hydrogens (tertiary/aromatic N) is 3. The second-order valence-electron chi connectivity index (χ2n) is 5.61. The monoisotopic (exact) mass is 383 g/mol. The van der Waals surface area contributed by atoms with Crippen LogP contribution in [0.2, 0.25) is 0 Å². The lowest BCUT2D eigenvalue weighted by molar-refractivity contribution is 0.0953. The normalized spacial score (nSPS) is 11.2. The van der Waals surface area contributed by atoms with Crippen molar-refractivity contribution in [3.05, 3.63) is 60.0 Å². The molecule has 0 aliphatic rings. The maximum Gasteiger partial charge on any atom is 0.251 e. The molecule has 0 spiro atoms. The number of sulfonamides is 1. The molecule has 0 saturated heterocycles. The molecule has 2 N–H and O–H groups in total. The van der Waals surface area contributed by atoms with Gasteiger partial charge in [0.05, 0.1) is 11.4 Å². The molecule has 0 atom stereocenters. The van der Waals surface area contributed by atoms with Crippen molar-refractivity contribution >= 4 is 21.6 Å². The van der Waals surface area contributed by atoms with Crippen molar-refractivity contribution in [3.8, 4) is 12.3 Å². The Kier molecular flexibility index (Phi) is 5.49. The summed E-state index contributed by atoms with van der Waals surface area (Å²) in [6, 6.07) is 11.3. The summed E-state index contributed by atoms with van der Waals surface area (Å²) in [5.74, 6) is 2.55. The molecule has 0 saturated carbocycles. The summed E-state index contributed by atoms with van der Waals surface area (Å²) in [5, 5.41) is 10.9. The van der Waals surface area contributed by atoms with E-state index in [1.807, 2.05) is 28.8 Å². The standard InChI is InChI=1S/C18H17N5O3S/c1-2-10-20-27(25,26)15-7-5-6-14(13-15)18(24)19-11-9-17-22-21-16-8-3-4-12-23(16)17/h1,3-8,12-13,20H,9-11H2,(H,19,24). The van der Waals surface area contributed by atoms with E-state index < -0.39 is 10.0 Å². The molecule has 27 heavy (non-hydrogen) atoms. The maximum absolute atomic E-state index is 12.3. The van der Waals surface area contributed by atoms with Gasteiger partial charge in [-0.1, -0.05) is 18.1 Å². The number of pyridine rings is 1. The van der Waals surface area contributed by atoms with Crippen molar-refractivity contribution in [1.82, 2.24) is 24.6 Å². The highest BCUT2D eigenvalue weighted by atomic mass is 32.2. The summed E-state index contributed by atoms with van der Waals surface area (Å²) >= 11 is 0. The molecular formula is C18H17N5O3S. The van der Waals surface area contributed by atoms with Crippen LogP contribution in [-0.4, -0.2) is 42.0 Å². The molecule has 1 amide bonds. The van der Waals surface area contributed by atoms with E-state index >= 15 is 0 Å². The summed E-state index contributed by atoms with van der Waals surface area (Å²) in [5.41, 5.74) is 0.973. The Morgan fingerprint density at radius 2 is 2.04 bits per heavy atom. The minimum Gasteiger partial charge on any atom is -0.352 e. The van der Waals surface area contributed by atoms with Crippen LogP contribution < -0.4 is 10.0 Å². The first-order valence-electron chi connectivity index (χ1n) is 8.11. The molecular weight excluding hydrogens is 366 g/mol. The van der Waals surface area contributed by atoms with E-state index in [9.17, 15) is 13.2 Å². The maximum atomic E-state index is 12.3. The van der Waals surface area contributed by atoms with Gasteiger partial charge < -0.3 is 5.32 Å². The molecule has 2 aromatic heterocycles. The number of nitrogens with one attached hydrogen (secondary N) is 2. The Labute approximate surface area is 156 Å². The minimum atomic E-state index is -3.75. The summed E-state index contributed by atoms with van der Waals surface area (Å²) in [6.45, 7) is 0.214. The minimum absolute atomic E-state index is 0.0196. The topological polar surface area (TPSA) is 105 Å². The van der Waals surface area contributed by atoms with Gasteiger partial charge in [0.15, 0.2) is 5.65 Å². The van der Waals surface area contributed by atoms with Gasteiger partial charge in [0.1, 0.15) is 5.82 Å². The molecule has 0 aliphatic heterocycles. The van der Waals surface area contributed by atoms with Gasteiger partial charge in [0.2, 0.25) is 10.0 Å². The molecule has 0 radical (unpaired) electrons. The average Bonchev–Trinajstić information content (AvgIpc) is 3.10. The van der Waals surface area contributed by atoms with Gasteiger partial charge >= 0.3 is 0 Å². The van der Waals surface area contributed by atoms with Gasteiger partial charge in [0, 0.05) is 24.7 Å². The Morgan fingerprint density at radius 3 is 2.85 bits per heavy atom. The zero-order chi connectivity index (χ0) is 19.3. The Bertz CT molecular complexity index is 1120. The SMILES string of the molecule is C#CCNS(=O)(=O)c1cccc(C(=O)NCCc2nnc3ccccn23)c1. The van der Waals surface area contributed by atoms with E-state index in [0.717, 1.165) is 11.5 Å². The third kappa shape index (κ3) is 4.31. The molecule has 0 fully saturated rings. The van der Waals surface area contributed by atoms with E-state index in [2.05, 4.69) is 26.2 Å². The third-order valence-corrected chi connectivity index (χ3v) is 5.19. The van der Waals surface area contributed by atoms with E-state index in [1.54, 1.807) is 6.07 Å². The molecule has 138 valence electrons. The van der Waals surface area contributed by atoms with Gasteiger partial charge in [0.25, 0.3) is 5.91 Å². The van der Waals surface area contributed by atoms with Crippen molar-refractivity contribution in [2.24, 2.45) is 0 Å². The Hall–Kier alpha value is -3.22. The molecule has 1 aromatic carbocycles. The Balaban J connectivity index is 1.65. The second kappa shape index (κ2) is 7.99. The number of terminal acetylenes is 1. The van der Waals surface area contributed by atoms with E-state index in [-0.39, 0.29) is 22.9 Å². The van der Waals surface area contributed by atoms with Crippen LogP contribution in [0.25, 0.3) is 5.65 Å². The molecule has 0 bridgehead atoms. The van der Waals surface area contributed by atoms with Crippen molar-refractivity contribution in [2.45, 2.75) is 11.3 Å². The highest BCUT2D eigenvalue weighted by molar-refractivity contribution is 7.89. The largest absolute Gasteiger partial charge is 0.352 e. The lowest BCUT2D eigenvalue weighted by Gasteiger charge is -2.08. The molecule has 2 heterocycles. The predicted octanol–water partition coefficient (Wildman–Crippen LogP) is 0.613. The lowest BCUT2D eigenvalue weighted by atomic mass is 10.2. The van der Waals surface area contributed by atoms with Crippen LogP contribution in [0.3, 0.4) is 0 Å². The van der Waals surface area contributed by atoms with E-state index in [0.29, 0.717) is 13.0 Å².